The van der Waals surface area contributed by atoms with Gasteiger partial charge in [-0.25, -0.2) is 4.79 Å². The topological polar surface area (TPSA) is 65.0 Å². The summed E-state index contributed by atoms with van der Waals surface area (Å²) < 4.78 is 16.0. The van der Waals surface area contributed by atoms with E-state index in [4.69, 9.17) is 14.2 Å². The molecule has 0 spiro atoms. The maximum absolute atomic E-state index is 11.7. The van der Waals surface area contributed by atoms with E-state index in [9.17, 15) is 9.90 Å². The summed E-state index contributed by atoms with van der Waals surface area (Å²) in [5, 5.41) is 9.42. The van der Waals surface area contributed by atoms with Crippen LogP contribution in [0.25, 0.3) is 0 Å². The molecule has 1 aliphatic carbocycles. The first-order valence-electron chi connectivity index (χ1n) is 6.47. The van der Waals surface area contributed by atoms with Crippen LogP contribution in [0.3, 0.4) is 0 Å². The Hall–Kier alpha value is -1.33. The molecule has 0 unspecified atom stereocenters. The molecule has 0 aromatic heterocycles. The van der Waals surface area contributed by atoms with Crippen LogP contribution in [0.5, 0.6) is 0 Å². The first-order valence-corrected chi connectivity index (χ1v) is 6.47. The Morgan fingerprint density at radius 1 is 1.58 bits per heavy atom. The lowest BCUT2D eigenvalue weighted by Gasteiger charge is -2.35. The number of methoxy groups -OCH3 is 1. The molecule has 0 fully saturated rings. The van der Waals surface area contributed by atoms with Gasteiger partial charge in [-0.1, -0.05) is 6.08 Å². The Labute approximate surface area is 112 Å². The van der Waals surface area contributed by atoms with Gasteiger partial charge >= 0.3 is 5.97 Å². The number of aliphatic hydroxyl groups excluding tert-OH is 1. The second-order valence-corrected chi connectivity index (χ2v) is 5.06. The smallest absolute Gasteiger partial charge is 0.337 e. The zero-order valence-electron chi connectivity index (χ0n) is 11.5. The number of carbonyl (C=O) groups excluding carboxylic acids is 1. The minimum atomic E-state index is -0.459. The highest BCUT2D eigenvalue weighted by Crippen LogP contribution is 2.43. The second kappa shape index (κ2) is 5.75. The van der Waals surface area contributed by atoms with Gasteiger partial charge in [0.05, 0.1) is 37.6 Å². The van der Waals surface area contributed by atoms with Crippen LogP contribution < -0.4 is 0 Å². The molecule has 0 radical (unpaired) electrons. The molecule has 1 heterocycles. The van der Waals surface area contributed by atoms with Crippen molar-refractivity contribution in [2.24, 2.45) is 11.8 Å². The van der Waals surface area contributed by atoms with Crippen LogP contribution in [-0.4, -0.2) is 37.2 Å². The normalized spacial score (nSPS) is 29.4. The standard InChI is InChI=1S/C14H20O5/c1-8(2)19-14-12-9(6-15)4-5-10(12)11(7-18-14)13(16)17-3/h4,7-8,10,12,14-15H,5-6H2,1-3H3/t10-,12-,14+/m1/s1. The van der Waals surface area contributed by atoms with Gasteiger partial charge in [-0.05, 0) is 25.8 Å². The number of carbonyl (C=O) groups is 1. The number of ether oxygens (including phenoxy) is 3. The highest BCUT2D eigenvalue weighted by Gasteiger charge is 2.44. The molecule has 5 nitrogen and oxygen atoms in total. The summed E-state index contributed by atoms with van der Waals surface area (Å²) in [6.07, 6.45) is 3.65. The van der Waals surface area contributed by atoms with Gasteiger partial charge in [0.15, 0.2) is 0 Å². The number of aliphatic hydroxyl groups is 1. The van der Waals surface area contributed by atoms with E-state index in [1.807, 2.05) is 19.9 Å². The van der Waals surface area contributed by atoms with Crippen LogP contribution in [0.4, 0.5) is 0 Å². The van der Waals surface area contributed by atoms with Crippen molar-refractivity contribution in [2.45, 2.75) is 32.7 Å². The average molecular weight is 268 g/mol. The zero-order valence-corrected chi connectivity index (χ0v) is 11.5. The van der Waals surface area contributed by atoms with Crippen LogP contribution in [-0.2, 0) is 19.0 Å². The van der Waals surface area contributed by atoms with Gasteiger partial charge < -0.3 is 19.3 Å². The maximum atomic E-state index is 11.7. The lowest BCUT2D eigenvalue weighted by molar-refractivity contribution is -0.172. The van der Waals surface area contributed by atoms with E-state index in [1.54, 1.807) is 0 Å². The highest BCUT2D eigenvalue weighted by molar-refractivity contribution is 5.89. The number of hydrogen-bond acceptors (Lipinski definition) is 5. The van der Waals surface area contributed by atoms with Crippen molar-refractivity contribution in [3.8, 4) is 0 Å². The third kappa shape index (κ3) is 2.67. The third-order valence-corrected chi connectivity index (χ3v) is 3.53. The van der Waals surface area contributed by atoms with Crippen molar-refractivity contribution < 1.29 is 24.1 Å². The van der Waals surface area contributed by atoms with Crippen molar-refractivity contribution in [3.63, 3.8) is 0 Å². The first kappa shape index (κ1) is 14.1. The zero-order chi connectivity index (χ0) is 14.0. The maximum Gasteiger partial charge on any atom is 0.337 e. The fraction of sp³-hybridized carbons (Fsp3) is 0.643. The average Bonchev–Trinajstić information content (AvgIpc) is 2.82. The summed E-state index contributed by atoms with van der Waals surface area (Å²) >= 11 is 0. The summed E-state index contributed by atoms with van der Waals surface area (Å²) in [5.74, 6) is -0.538. The Morgan fingerprint density at radius 3 is 2.89 bits per heavy atom. The lowest BCUT2D eigenvalue weighted by Crippen LogP contribution is -2.38. The van der Waals surface area contributed by atoms with Crippen molar-refractivity contribution in [2.75, 3.05) is 13.7 Å². The van der Waals surface area contributed by atoms with Gasteiger partial charge in [0, 0.05) is 5.92 Å². The monoisotopic (exact) mass is 268 g/mol. The molecule has 0 saturated carbocycles. The molecule has 0 amide bonds. The van der Waals surface area contributed by atoms with Crippen molar-refractivity contribution in [3.05, 3.63) is 23.5 Å². The molecule has 0 saturated heterocycles. The summed E-state index contributed by atoms with van der Waals surface area (Å²) in [7, 11) is 1.35. The largest absolute Gasteiger partial charge is 0.471 e. The Balaban J connectivity index is 2.25. The SMILES string of the molecule is COC(=O)C1=CO[C@@H](OC(C)C)[C@@H]2C(CO)=CC[C@H]12. The fourth-order valence-corrected chi connectivity index (χ4v) is 2.69. The van der Waals surface area contributed by atoms with E-state index < -0.39 is 6.29 Å². The molecule has 2 aliphatic rings. The summed E-state index contributed by atoms with van der Waals surface area (Å²) in [6, 6.07) is 0. The third-order valence-electron chi connectivity index (χ3n) is 3.53. The van der Waals surface area contributed by atoms with Crippen LogP contribution in [0, 0.1) is 11.8 Å². The summed E-state index contributed by atoms with van der Waals surface area (Å²) in [6.45, 7) is 3.81. The van der Waals surface area contributed by atoms with Gasteiger partial charge in [0.25, 0.3) is 0 Å². The number of fused-ring (bicyclic) bond motifs is 1. The Bertz CT molecular complexity index is 410. The molecule has 1 N–H and O–H groups in total. The first-order chi connectivity index (χ1) is 9.08. The minimum absolute atomic E-state index is 0.0132. The molecule has 0 aromatic rings. The van der Waals surface area contributed by atoms with E-state index in [0.717, 1.165) is 5.57 Å². The van der Waals surface area contributed by atoms with Crippen molar-refractivity contribution in [1.29, 1.82) is 0 Å². The lowest BCUT2D eigenvalue weighted by atomic mass is 9.83. The van der Waals surface area contributed by atoms with Crippen LogP contribution in [0.2, 0.25) is 0 Å². The van der Waals surface area contributed by atoms with E-state index >= 15 is 0 Å². The van der Waals surface area contributed by atoms with E-state index in [2.05, 4.69) is 0 Å². The predicted octanol–water partition coefficient (Wildman–Crippen LogP) is 1.38. The number of allylic oxidation sites excluding steroid dienone is 1. The van der Waals surface area contributed by atoms with Gasteiger partial charge in [-0.2, -0.15) is 0 Å². The summed E-state index contributed by atoms with van der Waals surface area (Å²) in [4.78, 5) is 11.7. The highest BCUT2D eigenvalue weighted by atomic mass is 16.7. The molecular formula is C14H20O5. The van der Waals surface area contributed by atoms with Gasteiger partial charge in [-0.3, -0.25) is 0 Å². The van der Waals surface area contributed by atoms with Crippen molar-refractivity contribution >= 4 is 5.97 Å². The van der Waals surface area contributed by atoms with Crippen LogP contribution >= 0.6 is 0 Å². The van der Waals surface area contributed by atoms with E-state index in [-0.39, 0.29) is 30.5 Å². The van der Waals surface area contributed by atoms with Crippen LogP contribution in [0.15, 0.2) is 23.5 Å². The van der Waals surface area contributed by atoms with Gasteiger partial charge in [-0.15, -0.1) is 0 Å². The van der Waals surface area contributed by atoms with Crippen molar-refractivity contribution in [1.82, 2.24) is 0 Å². The predicted molar refractivity (Wildman–Crippen MR) is 68.0 cm³/mol. The van der Waals surface area contributed by atoms with Gasteiger partial charge in [0.1, 0.15) is 0 Å². The summed E-state index contributed by atoms with van der Waals surface area (Å²) in [5.41, 5.74) is 1.38. The number of esters is 1. The molecular weight excluding hydrogens is 248 g/mol. The Kier molecular flexibility index (Phi) is 4.27. The fourth-order valence-electron chi connectivity index (χ4n) is 2.69. The Morgan fingerprint density at radius 2 is 2.32 bits per heavy atom. The molecule has 106 valence electrons. The molecule has 5 heteroatoms. The second-order valence-electron chi connectivity index (χ2n) is 5.06. The molecule has 0 aromatic carbocycles. The van der Waals surface area contributed by atoms with E-state index in [0.29, 0.717) is 12.0 Å². The number of hydrogen-bond donors (Lipinski definition) is 1. The van der Waals surface area contributed by atoms with Gasteiger partial charge in [0.2, 0.25) is 6.29 Å². The molecule has 0 bridgehead atoms. The minimum Gasteiger partial charge on any atom is -0.471 e. The molecule has 19 heavy (non-hydrogen) atoms. The quantitative estimate of drug-likeness (QED) is 0.616. The van der Waals surface area contributed by atoms with E-state index in [1.165, 1.54) is 13.4 Å². The molecule has 1 aliphatic heterocycles. The van der Waals surface area contributed by atoms with Crippen LogP contribution in [0.1, 0.15) is 20.3 Å². The molecule has 2 rings (SSSR count). The number of rotatable bonds is 4. The molecule has 3 atom stereocenters.